The number of rotatable bonds is 3. The van der Waals surface area contributed by atoms with Gasteiger partial charge in [-0.3, -0.25) is 4.79 Å². The number of hydrogen-bond donors (Lipinski definition) is 0. The van der Waals surface area contributed by atoms with Crippen LogP contribution in [0.3, 0.4) is 0 Å². The lowest BCUT2D eigenvalue weighted by Gasteiger charge is -2.17. The molecule has 0 bridgehead atoms. The van der Waals surface area contributed by atoms with Crippen LogP contribution in [0.5, 0.6) is 0 Å². The molecular formula is C18H16F3NO. The highest BCUT2D eigenvalue weighted by Gasteiger charge is 2.45. The van der Waals surface area contributed by atoms with E-state index in [1.807, 2.05) is 30.3 Å². The fourth-order valence-electron chi connectivity index (χ4n) is 2.78. The first-order chi connectivity index (χ1) is 10.9. The van der Waals surface area contributed by atoms with Crippen LogP contribution in [-0.4, -0.2) is 13.0 Å². The zero-order valence-electron chi connectivity index (χ0n) is 12.5. The van der Waals surface area contributed by atoms with Crippen LogP contribution in [0.1, 0.15) is 23.5 Å². The summed E-state index contributed by atoms with van der Waals surface area (Å²) < 4.78 is 37.7. The molecule has 0 radical (unpaired) electrons. The zero-order valence-corrected chi connectivity index (χ0v) is 12.5. The first-order valence-corrected chi connectivity index (χ1v) is 7.37. The van der Waals surface area contributed by atoms with Crippen LogP contribution in [0.4, 0.5) is 18.9 Å². The molecule has 1 amide bonds. The molecule has 120 valence electrons. The third-order valence-corrected chi connectivity index (χ3v) is 4.25. The lowest BCUT2D eigenvalue weighted by atomic mass is 10.1. The van der Waals surface area contributed by atoms with Gasteiger partial charge in [0.05, 0.1) is 5.56 Å². The minimum absolute atomic E-state index is 0.00102. The van der Waals surface area contributed by atoms with E-state index < -0.39 is 11.7 Å². The van der Waals surface area contributed by atoms with Crippen molar-refractivity contribution in [2.24, 2.45) is 5.92 Å². The van der Waals surface area contributed by atoms with Gasteiger partial charge in [-0.15, -0.1) is 0 Å². The fourth-order valence-corrected chi connectivity index (χ4v) is 2.78. The van der Waals surface area contributed by atoms with Gasteiger partial charge in [0.25, 0.3) is 0 Å². The predicted molar refractivity (Wildman–Crippen MR) is 82.1 cm³/mol. The van der Waals surface area contributed by atoms with Crippen LogP contribution in [0.2, 0.25) is 0 Å². The highest BCUT2D eigenvalue weighted by atomic mass is 19.4. The Labute approximate surface area is 132 Å². The number of anilines is 1. The van der Waals surface area contributed by atoms with Crippen molar-refractivity contribution in [1.82, 2.24) is 0 Å². The summed E-state index contributed by atoms with van der Waals surface area (Å²) in [4.78, 5) is 14.1. The van der Waals surface area contributed by atoms with Gasteiger partial charge < -0.3 is 4.90 Å². The van der Waals surface area contributed by atoms with E-state index in [-0.39, 0.29) is 17.7 Å². The van der Waals surface area contributed by atoms with Gasteiger partial charge in [-0.1, -0.05) is 30.3 Å². The SMILES string of the molecule is CN(C(=O)C1CC1c1ccc(C(F)(F)F)cc1)c1ccccc1. The van der Waals surface area contributed by atoms with E-state index in [0.29, 0.717) is 6.42 Å². The number of carbonyl (C=O) groups is 1. The first kappa shape index (κ1) is 15.6. The summed E-state index contributed by atoms with van der Waals surface area (Å²) in [5.41, 5.74) is 0.944. The predicted octanol–water partition coefficient (Wildman–Crippen LogP) is 4.47. The van der Waals surface area contributed by atoms with E-state index in [1.165, 1.54) is 12.1 Å². The molecule has 0 N–H and O–H groups in total. The fraction of sp³-hybridized carbons (Fsp3) is 0.278. The lowest BCUT2D eigenvalue weighted by Crippen LogP contribution is -2.28. The molecule has 0 aliphatic heterocycles. The van der Waals surface area contributed by atoms with Gasteiger partial charge in [0.2, 0.25) is 5.91 Å². The molecule has 0 aromatic heterocycles. The highest BCUT2D eigenvalue weighted by molar-refractivity contribution is 5.97. The van der Waals surface area contributed by atoms with Gasteiger partial charge in [-0.05, 0) is 42.2 Å². The second-order valence-electron chi connectivity index (χ2n) is 5.80. The molecule has 3 rings (SSSR count). The second kappa shape index (κ2) is 5.72. The Morgan fingerprint density at radius 3 is 2.22 bits per heavy atom. The van der Waals surface area contributed by atoms with Crippen molar-refractivity contribution in [3.05, 3.63) is 65.7 Å². The third-order valence-electron chi connectivity index (χ3n) is 4.25. The molecule has 2 atom stereocenters. The monoisotopic (exact) mass is 319 g/mol. The Morgan fingerprint density at radius 1 is 1.04 bits per heavy atom. The number of para-hydroxylation sites is 1. The van der Waals surface area contributed by atoms with Gasteiger partial charge in [-0.2, -0.15) is 13.2 Å². The molecule has 0 heterocycles. The average Bonchev–Trinajstić information content (AvgIpc) is 3.34. The molecule has 1 fully saturated rings. The van der Waals surface area contributed by atoms with Crippen molar-refractivity contribution >= 4 is 11.6 Å². The number of hydrogen-bond acceptors (Lipinski definition) is 1. The maximum atomic E-state index is 12.6. The number of nitrogens with zero attached hydrogens (tertiary/aromatic N) is 1. The van der Waals surface area contributed by atoms with Crippen LogP contribution in [0, 0.1) is 5.92 Å². The average molecular weight is 319 g/mol. The summed E-state index contributed by atoms with van der Waals surface area (Å²) in [5, 5.41) is 0. The molecule has 1 aliphatic carbocycles. The summed E-state index contributed by atoms with van der Waals surface area (Å²) in [7, 11) is 1.72. The molecular weight excluding hydrogens is 303 g/mol. The molecule has 23 heavy (non-hydrogen) atoms. The summed E-state index contributed by atoms with van der Waals surface area (Å²) >= 11 is 0. The van der Waals surface area contributed by atoms with E-state index in [2.05, 4.69) is 0 Å². The zero-order chi connectivity index (χ0) is 16.6. The van der Waals surface area contributed by atoms with Gasteiger partial charge in [0.1, 0.15) is 0 Å². The smallest absolute Gasteiger partial charge is 0.315 e. The van der Waals surface area contributed by atoms with E-state index in [4.69, 9.17) is 0 Å². The van der Waals surface area contributed by atoms with E-state index in [0.717, 1.165) is 23.4 Å². The lowest BCUT2D eigenvalue weighted by molar-refractivity contribution is -0.137. The van der Waals surface area contributed by atoms with E-state index in [9.17, 15) is 18.0 Å². The largest absolute Gasteiger partial charge is 0.416 e. The van der Waals surface area contributed by atoms with Crippen LogP contribution < -0.4 is 4.90 Å². The standard InChI is InChI=1S/C18H16F3NO/c1-22(14-5-3-2-4-6-14)17(23)16-11-15(16)12-7-9-13(10-8-12)18(19,20)21/h2-10,15-16H,11H2,1H3. The van der Waals surface area contributed by atoms with Gasteiger partial charge in [-0.25, -0.2) is 0 Å². The van der Waals surface area contributed by atoms with Crippen molar-refractivity contribution in [2.75, 3.05) is 11.9 Å². The van der Waals surface area contributed by atoms with Gasteiger partial charge in [0, 0.05) is 18.7 Å². The minimum atomic E-state index is -4.33. The molecule has 2 aromatic rings. The van der Waals surface area contributed by atoms with E-state index >= 15 is 0 Å². The number of alkyl halides is 3. The maximum Gasteiger partial charge on any atom is 0.416 e. The van der Waals surface area contributed by atoms with Crippen LogP contribution in [-0.2, 0) is 11.0 Å². The Morgan fingerprint density at radius 2 is 1.65 bits per heavy atom. The highest BCUT2D eigenvalue weighted by Crippen LogP contribution is 2.49. The van der Waals surface area contributed by atoms with E-state index in [1.54, 1.807) is 11.9 Å². The third kappa shape index (κ3) is 3.23. The van der Waals surface area contributed by atoms with Crippen molar-refractivity contribution in [3.63, 3.8) is 0 Å². The molecule has 0 saturated heterocycles. The normalized spacial score (nSPS) is 20.2. The minimum Gasteiger partial charge on any atom is -0.315 e. The van der Waals surface area contributed by atoms with Gasteiger partial charge in [0.15, 0.2) is 0 Å². The van der Waals surface area contributed by atoms with Crippen LogP contribution >= 0.6 is 0 Å². The van der Waals surface area contributed by atoms with Crippen molar-refractivity contribution in [1.29, 1.82) is 0 Å². The van der Waals surface area contributed by atoms with Crippen molar-refractivity contribution in [3.8, 4) is 0 Å². The number of halogens is 3. The molecule has 2 aromatic carbocycles. The Balaban J connectivity index is 1.68. The summed E-state index contributed by atoms with van der Waals surface area (Å²) in [6.45, 7) is 0. The summed E-state index contributed by atoms with van der Waals surface area (Å²) in [6, 6.07) is 14.4. The second-order valence-corrected chi connectivity index (χ2v) is 5.80. The molecule has 0 spiro atoms. The molecule has 1 saturated carbocycles. The van der Waals surface area contributed by atoms with Crippen LogP contribution in [0.15, 0.2) is 54.6 Å². The number of carbonyl (C=O) groups excluding carboxylic acids is 1. The summed E-state index contributed by atoms with van der Waals surface area (Å²) in [6.07, 6.45) is -3.65. The molecule has 1 aliphatic rings. The Bertz CT molecular complexity index is 694. The van der Waals surface area contributed by atoms with Gasteiger partial charge >= 0.3 is 6.18 Å². The molecule has 2 unspecified atom stereocenters. The molecule has 5 heteroatoms. The first-order valence-electron chi connectivity index (χ1n) is 7.37. The quantitative estimate of drug-likeness (QED) is 0.817. The summed E-state index contributed by atoms with van der Waals surface area (Å²) in [5.74, 6) is -0.144. The number of benzene rings is 2. The van der Waals surface area contributed by atoms with Crippen molar-refractivity contribution in [2.45, 2.75) is 18.5 Å². The maximum absolute atomic E-state index is 12.6. The molecule has 2 nitrogen and oxygen atoms in total. The topological polar surface area (TPSA) is 20.3 Å². The Hall–Kier alpha value is -2.30. The van der Waals surface area contributed by atoms with Crippen LogP contribution in [0.25, 0.3) is 0 Å². The number of amides is 1. The Kier molecular flexibility index (Phi) is 3.88. The van der Waals surface area contributed by atoms with Crippen molar-refractivity contribution < 1.29 is 18.0 Å².